The number of benzene rings is 2. The molecule has 2 N–H and O–H groups in total. The normalized spacial score (nSPS) is 15.5. The summed E-state index contributed by atoms with van der Waals surface area (Å²) in [6.07, 6.45) is 3.22. The number of anilines is 1. The van der Waals surface area contributed by atoms with Crippen LogP contribution >= 0.6 is 23.2 Å². The fourth-order valence-corrected chi connectivity index (χ4v) is 3.52. The van der Waals surface area contributed by atoms with Crippen LogP contribution in [0.1, 0.15) is 18.4 Å². The summed E-state index contributed by atoms with van der Waals surface area (Å²) in [5.41, 5.74) is 1.51. The van der Waals surface area contributed by atoms with Crippen LogP contribution in [0, 0.1) is 5.82 Å². The van der Waals surface area contributed by atoms with Crippen molar-refractivity contribution in [3.8, 4) is 0 Å². The third-order valence-electron chi connectivity index (χ3n) is 4.52. The maximum Gasteiger partial charge on any atom is 0.235 e. The van der Waals surface area contributed by atoms with Crippen molar-refractivity contribution in [2.45, 2.75) is 18.3 Å². The average Bonchev–Trinajstić information content (AvgIpc) is 3.24. The Balaban J connectivity index is 1.69. The molecule has 4 rings (SSSR count). The van der Waals surface area contributed by atoms with Gasteiger partial charge in [-0.2, -0.15) is 0 Å². The number of amides is 1. The van der Waals surface area contributed by atoms with E-state index in [4.69, 9.17) is 23.2 Å². The van der Waals surface area contributed by atoms with Crippen molar-refractivity contribution in [1.29, 1.82) is 0 Å². The van der Waals surface area contributed by atoms with Gasteiger partial charge in [0.25, 0.3) is 0 Å². The van der Waals surface area contributed by atoms with Gasteiger partial charge in [-0.05, 0) is 54.8 Å². The van der Waals surface area contributed by atoms with Gasteiger partial charge < -0.3 is 10.3 Å². The van der Waals surface area contributed by atoms with Gasteiger partial charge in [0.2, 0.25) is 5.91 Å². The van der Waals surface area contributed by atoms with Crippen molar-refractivity contribution in [1.82, 2.24) is 4.98 Å². The second-order valence-corrected chi connectivity index (χ2v) is 6.90. The molecule has 0 unspecified atom stereocenters. The standard InChI is InChI=1S/C18H13Cl2FN2O/c19-10-1-3-16(14(20)7-10)23-17(24)18(5-6-18)13-9-22-15-4-2-11(21)8-12(13)15/h1-4,7-9,22H,5-6H2,(H,23,24). The summed E-state index contributed by atoms with van der Waals surface area (Å²) in [4.78, 5) is 16.0. The molecule has 1 heterocycles. The number of rotatable bonds is 3. The van der Waals surface area contributed by atoms with E-state index in [-0.39, 0.29) is 11.7 Å². The van der Waals surface area contributed by atoms with Crippen LogP contribution in [0.3, 0.4) is 0 Å². The Labute approximate surface area is 147 Å². The van der Waals surface area contributed by atoms with E-state index in [1.165, 1.54) is 12.1 Å². The number of carbonyl (C=O) groups excluding carboxylic acids is 1. The molecule has 0 spiro atoms. The molecule has 1 aliphatic carbocycles. The van der Waals surface area contributed by atoms with Crippen LogP contribution < -0.4 is 5.32 Å². The molecule has 6 heteroatoms. The smallest absolute Gasteiger partial charge is 0.235 e. The Morgan fingerprint density at radius 1 is 1.17 bits per heavy atom. The monoisotopic (exact) mass is 362 g/mol. The van der Waals surface area contributed by atoms with E-state index in [0.29, 0.717) is 28.6 Å². The highest BCUT2D eigenvalue weighted by atomic mass is 35.5. The minimum atomic E-state index is -0.644. The predicted molar refractivity (Wildman–Crippen MR) is 94.3 cm³/mol. The number of halogens is 3. The Hall–Kier alpha value is -2.04. The number of nitrogens with one attached hydrogen (secondary N) is 2. The van der Waals surface area contributed by atoms with E-state index in [0.717, 1.165) is 16.5 Å². The molecule has 2 aromatic carbocycles. The van der Waals surface area contributed by atoms with Gasteiger partial charge in [0, 0.05) is 22.1 Å². The third-order valence-corrected chi connectivity index (χ3v) is 5.07. The molecule has 3 nitrogen and oxygen atoms in total. The number of carbonyl (C=O) groups is 1. The molecule has 0 aliphatic heterocycles. The Bertz CT molecular complexity index is 963. The van der Waals surface area contributed by atoms with E-state index in [1.807, 2.05) is 0 Å². The highest BCUT2D eigenvalue weighted by Crippen LogP contribution is 2.51. The van der Waals surface area contributed by atoms with Gasteiger partial charge in [0.15, 0.2) is 0 Å². The summed E-state index contributed by atoms with van der Waals surface area (Å²) in [6.45, 7) is 0. The summed E-state index contributed by atoms with van der Waals surface area (Å²) in [6, 6.07) is 9.47. The first kappa shape index (κ1) is 15.5. The van der Waals surface area contributed by atoms with E-state index in [2.05, 4.69) is 10.3 Å². The van der Waals surface area contributed by atoms with Gasteiger partial charge >= 0.3 is 0 Å². The lowest BCUT2D eigenvalue weighted by atomic mass is 9.94. The highest BCUT2D eigenvalue weighted by Gasteiger charge is 2.52. The number of hydrogen-bond donors (Lipinski definition) is 2. The summed E-state index contributed by atoms with van der Waals surface area (Å²) >= 11 is 12.0. The van der Waals surface area contributed by atoms with E-state index >= 15 is 0 Å². The van der Waals surface area contributed by atoms with Crippen molar-refractivity contribution in [2.24, 2.45) is 0 Å². The van der Waals surface area contributed by atoms with Crippen molar-refractivity contribution >= 4 is 45.7 Å². The molecule has 1 amide bonds. The minimum Gasteiger partial charge on any atom is -0.361 e. The molecular formula is C18H13Cl2FN2O. The lowest BCUT2D eigenvalue weighted by Gasteiger charge is -2.16. The van der Waals surface area contributed by atoms with Crippen molar-refractivity contribution < 1.29 is 9.18 Å². The van der Waals surface area contributed by atoms with Crippen LogP contribution in [-0.2, 0) is 10.2 Å². The molecule has 1 saturated carbocycles. The largest absolute Gasteiger partial charge is 0.361 e. The Morgan fingerprint density at radius 3 is 2.67 bits per heavy atom. The predicted octanol–water partition coefficient (Wildman–Crippen LogP) is 5.28. The molecular weight excluding hydrogens is 350 g/mol. The van der Waals surface area contributed by atoms with Crippen molar-refractivity contribution in [2.75, 3.05) is 5.32 Å². The molecule has 24 heavy (non-hydrogen) atoms. The maximum atomic E-state index is 13.6. The van der Waals surface area contributed by atoms with Crippen LogP contribution in [-0.4, -0.2) is 10.9 Å². The van der Waals surface area contributed by atoms with Gasteiger partial charge in [-0.25, -0.2) is 4.39 Å². The van der Waals surface area contributed by atoms with Crippen molar-refractivity contribution in [3.05, 3.63) is 64.0 Å². The summed E-state index contributed by atoms with van der Waals surface area (Å²) < 4.78 is 13.6. The summed E-state index contributed by atoms with van der Waals surface area (Å²) in [5, 5.41) is 4.50. The summed E-state index contributed by atoms with van der Waals surface area (Å²) in [5.74, 6) is -0.461. The van der Waals surface area contributed by atoms with E-state index in [9.17, 15) is 9.18 Å². The molecule has 1 fully saturated rings. The molecule has 0 bridgehead atoms. The van der Waals surface area contributed by atoms with Gasteiger partial charge in [0.05, 0.1) is 16.1 Å². The zero-order chi connectivity index (χ0) is 16.9. The van der Waals surface area contributed by atoms with Crippen LogP contribution in [0.2, 0.25) is 10.0 Å². The second-order valence-electron chi connectivity index (χ2n) is 6.05. The topological polar surface area (TPSA) is 44.9 Å². The quantitative estimate of drug-likeness (QED) is 0.653. The van der Waals surface area contributed by atoms with Crippen LogP contribution in [0.4, 0.5) is 10.1 Å². The van der Waals surface area contributed by atoms with Gasteiger partial charge in [-0.15, -0.1) is 0 Å². The van der Waals surface area contributed by atoms with E-state index < -0.39 is 5.41 Å². The summed E-state index contributed by atoms with van der Waals surface area (Å²) in [7, 11) is 0. The first-order valence-corrected chi connectivity index (χ1v) is 8.29. The maximum absolute atomic E-state index is 13.6. The fourth-order valence-electron chi connectivity index (χ4n) is 3.07. The third kappa shape index (κ3) is 2.46. The SMILES string of the molecule is O=C(Nc1ccc(Cl)cc1Cl)C1(c2c[nH]c3ccc(F)cc23)CC1. The second kappa shape index (κ2) is 5.50. The molecule has 122 valence electrons. The Kier molecular flexibility index (Phi) is 3.55. The van der Waals surface area contributed by atoms with E-state index in [1.54, 1.807) is 30.5 Å². The van der Waals surface area contributed by atoms with Gasteiger partial charge in [0.1, 0.15) is 5.82 Å². The Morgan fingerprint density at radius 2 is 1.96 bits per heavy atom. The number of aromatic amines is 1. The van der Waals surface area contributed by atoms with Gasteiger partial charge in [-0.1, -0.05) is 23.2 Å². The number of aromatic nitrogens is 1. The lowest BCUT2D eigenvalue weighted by molar-refractivity contribution is -0.118. The first-order valence-electron chi connectivity index (χ1n) is 7.53. The molecule has 0 radical (unpaired) electrons. The van der Waals surface area contributed by atoms with Crippen LogP contribution in [0.15, 0.2) is 42.6 Å². The average molecular weight is 363 g/mol. The van der Waals surface area contributed by atoms with Crippen LogP contribution in [0.5, 0.6) is 0 Å². The number of hydrogen-bond acceptors (Lipinski definition) is 1. The van der Waals surface area contributed by atoms with Crippen LogP contribution in [0.25, 0.3) is 10.9 Å². The van der Waals surface area contributed by atoms with Crippen molar-refractivity contribution in [3.63, 3.8) is 0 Å². The zero-order valence-electron chi connectivity index (χ0n) is 12.5. The van der Waals surface area contributed by atoms with Gasteiger partial charge in [-0.3, -0.25) is 4.79 Å². The highest BCUT2D eigenvalue weighted by molar-refractivity contribution is 6.36. The molecule has 1 aromatic heterocycles. The first-order chi connectivity index (χ1) is 11.5. The molecule has 3 aromatic rings. The minimum absolute atomic E-state index is 0.142. The molecule has 0 atom stereocenters. The zero-order valence-corrected chi connectivity index (χ0v) is 14.0. The molecule has 0 saturated heterocycles. The fraction of sp³-hybridized carbons (Fsp3) is 0.167. The molecule has 1 aliphatic rings. The lowest BCUT2D eigenvalue weighted by Crippen LogP contribution is -2.27. The number of H-pyrrole nitrogens is 1. The number of fused-ring (bicyclic) bond motifs is 1.